The van der Waals surface area contributed by atoms with Gasteiger partial charge in [0.15, 0.2) is 9.84 Å². The van der Waals surface area contributed by atoms with Gasteiger partial charge in [-0.1, -0.05) is 0 Å². The van der Waals surface area contributed by atoms with Crippen LogP contribution in [0.25, 0.3) is 11.0 Å². The first-order valence-corrected chi connectivity index (χ1v) is 8.92. The summed E-state index contributed by atoms with van der Waals surface area (Å²) >= 11 is 0. The number of nitrogens with zero attached hydrogens (tertiary/aromatic N) is 2. The largest absolute Gasteiger partial charge is 0.348 e. The maximum atomic E-state index is 12.3. The minimum atomic E-state index is -3.01. The molecule has 1 aliphatic heterocycles. The first kappa shape index (κ1) is 14.9. The second kappa shape index (κ2) is 5.31. The molecule has 0 radical (unpaired) electrons. The zero-order valence-corrected chi connectivity index (χ0v) is 13.3. The van der Waals surface area contributed by atoms with E-state index < -0.39 is 9.84 Å². The van der Waals surface area contributed by atoms with Crippen molar-refractivity contribution in [2.45, 2.75) is 26.3 Å². The van der Waals surface area contributed by atoms with E-state index in [-0.39, 0.29) is 23.5 Å². The van der Waals surface area contributed by atoms with Crippen molar-refractivity contribution < 1.29 is 13.2 Å². The van der Waals surface area contributed by atoms with Gasteiger partial charge >= 0.3 is 0 Å². The van der Waals surface area contributed by atoms with E-state index in [9.17, 15) is 13.2 Å². The lowest BCUT2D eigenvalue weighted by Gasteiger charge is -2.11. The van der Waals surface area contributed by atoms with Crippen molar-refractivity contribution in [3.63, 3.8) is 0 Å². The minimum absolute atomic E-state index is 0.0183. The van der Waals surface area contributed by atoms with Gasteiger partial charge in [0.2, 0.25) is 0 Å². The van der Waals surface area contributed by atoms with E-state index in [1.54, 1.807) is 18.2 Å². The molecule has 0 spiro atoms. The SMILES string of the molecule is Cc1nc2ccc(C(=O)N[C@@H]3CCS(=O)(=O)C3)cc2nc1C. The van der Waals surface area contributed by atoms with Gasteiger partial charge in [0.1, 0.15) is 0 Å². The van der Waals surface area contributed by atoms with Crippen molar-refractivity contribution >= 4 is 26.8 Å². The third-order valence-electron chi connectivity index (χ3n) is 3.91. The maximum absolute atomic E-state index is 12.3. The number of hydrogen-bond donors (Lipinski definition) is 1. The lowest BCUT2D eigenvalue weighted by molar-refractivity contribution is 0.0941. The van der Waals surface area contributed by atoms with Crippen molar-refractivity contribution in [1.82, 2.24) is 15.3 Å². The molecule has 1 aromatic carbocycles. The molecular weight excluding hydrogens is 302 g/mol. The monoisotopic (exact) mass is 319 g/mol. The van der Waals surface area contributed by atoms with Gasteiger partial charge in [-0.3, -0.25) is 4.79 Å². The summed E-state index contributed by atoms with van der Waals surface area (Å²) in [4.78, 5) is 21.1. The lowest BCUT2D eigenvalue weighted by atomic mass is 10.1. The molecule has 1 N–H and O–H groups in total. The molecule has 0 aliphatic carbocycles. The van der Waals surface area contributed by atoms with Crippen LogP contribution in [0.2, 0.25) is 0 Å². The van der Waals surface area contributed by atoms with Crippen LogP contribution >= 0.6 is 0 Å². The summed E-state index contributed by atoms with van der Waals surface area (Å²) in [5, 5.41) is 2.78. The summed E-state index contributed by atoms with van der Waals surface area (Å²) in [5.41, 5.74) is 3.56. The fraction of sp³-hybridized carbons (Fsp3) is 0.400. The Morgan fingerprint density at radius 3 is 2.50 bits per heavy atom. The van der Waals surface area contributed by atoms with Crippen molar-refractivity contribution in [3.8, 4) is 0 Å². The van der Waals surface area contributed by atoms with Gasteiger partial charge in [0, 0.05) is 11.6 Å². The number of aryl methyl sites for hydroxylation is 2. The molecule has 1 aromatic heterocycles. The van der Waals surface area contributed by atoms with Gasteiger partial charge in [-0.15, -0.1) is 0 Å². The molecule has 1 amide bonds. The molecule has 2 heterocycles. The second-order valence-electron chi connectivity index (χ2n) is 5.67. The molecular formula is C15H17N3O3S. The fourth-order valence-electron chi connectivity index (χ4n) is 2.55. The van der Waals surface area contributed by atoms with Crippen molar-refractivity contribution in [2.75, 3.05) is 11.5 Å². The van der Waals surface area contributed by atoms with Gasteiger partial charge < -0.3 is 5.32 Å². The van der Waals surface area contributed by atoms with Gasteiger partial charge in [-0.05, 0) is 38.5 Å². The molecule has 1 atom stereocenters. The van der Waals surface area contributed by atoms with Crippen LogP contribution in [0.15, 0.2) is 18.2 Å². The molecule has 7 heteroatoms. The molecule has 2 aromatic rings. The van der Waals surface area contributed by atoms with E-state index in [1.807, 2.05) is 13.8 Å². The molecule has 0 saturated carbocycles. The number of amides is 1. The van der Waals surface area contributed by atoms with E-state index in [2.05, 4.69) is 15.3 Å². The van der Waals surface area contributed by atoms with Crippen molar-refractivity contribution in [3.05, 3.63) is 35.2 Å². The van der Waals surface area contributed by atoms with E-state index in [0.717, 1.165) is 16.9 Å². The average molecular weight is 319 g/mol. The Kier molecular flexibility index (Phi) is 3.60. The van der Waals surface area contributed by atoms with Crippen LogP contribution in [-0.2, 0) is 9.84 Å². The lowest BCUT2D eigenvalue weighted by Crippen LogP contribution is -2.35. The Hall–Kier alpha value is -2.02. The van der Waals surface area contributed by atoms with Gasteiger partial charge in [0.05, 0.1) is 33.9 Å². The smallest absolute Gasteiger partial charge is 0.251 e. The van der Waals surface area contributed by atoms with Crippen LogP contribution in [0.3, 0.4) is 0 Å². The number of aromatic nitrogens is 2. The molecule has 0 bridgehead atoms. The summed E-state index contributed by atoms with van der Waals surface area (Å²) in [6.45, 7) is 3.76. The number of hydrogen-bond acceptors (Lipinski definition) is 5. The van der Waals surface area contributed by atoms with Crippen molar-refractivity contribution in [1.29, 1.82) is 0 Å². The van der Waals surface area contributed by atoms with Crippen LogP contribution < -0.4 is 5.32 Å². The fourth-order valence-corrected chi connectivity index (χ4v) is 4.22. The highest BCUT2D eigenvalue weighted by atomic mass is 32.2. The summed E-state index contributed by atoms with van der Waals surface area (Å²) in [7, 11) is -3.01. The predicted octanol–water partition coefficient (Wildman–Crippen LogP) is 1.16. The number of carbonyl (C=O) groups excluding carboxylic acids is 1. The predicted molar refractivity (Wildman–Crippen MR) is 83.5 cm³/mol. The standard InChI is InChI=1S/C15H17N3O3S/c1-9-10(2)17-14-7-11(3-4-13(14)16-9)15(19)18-12-5-6-22(20,21)8-12/h3-4,7,12H,5-6,8H2,1-2H3,(H,18,19)/t12-/m1/s1. The first-order chi connectivity index (χ1) is 10.3. The van der Waals surface area contributed by atoms with E-state index in [1.165, 1.54) is 0 Å². The normalized spacial score (nSPS) is 20.2. The Labute approximate surface area is 128 Å². The molecule has 6 nitrogen and oxygen atoms in total. The van der Waals surface area contributed by atoms with E-state index >= 15 is 0 Å². The number of carbonyl (C=O) groups is 1. The van der Waals surface area contributed by atoms with Gasteiger partial charge in [-0.25, -0.2) is 18.4 Å². The molecule has 1 fully saturated rings. The van der Waals surface area contributed by atoms with E-state index in [0.29, 0.717) is 17.5 Å². The summed E-state index contributed by atoms with van der Waals surface area (Å²) in [5.74, 6) is -0.117. The Bertz CT molecular complexity index is 862. The summed E-state index contributed by atoms with van der Waals surface area (Å²) in [6.07, 6.45) is 0.472. The number of benzene rings is 1. The number of rotatable bonds is 2. The summed E-state index contributed by atoms with van der Waals surface area (Å²) < 4.78 is 22.9. The second-order valence-corrected chi connectivity index (χ2v) is 7.90. The Morgan fingerprint density at radius 2 is 1.86 bits per heavy atom. The minimum Gasteiger partial charge on any atom is -0.348 e. The molecule has 22 heavy (non-hydrogen) atoms. The van der Waals surface area contributed by atoms with Gasteiger partial charge in [0.25, 0.3) is 5.91 Å². The molecule has 3 rings (SSSR count). The van der Waals surface area contributed by atoms with Crippen LogP contribution in [0, 0.1) is 13.8 Å². The van der Waals surface area contributed by atoms with Crippen LogP contribution in [0.1, 0.15) is 28.2 Å². The molecule has 1 saturated heterocycles. The molecule has 1 aliphatic rings. The maximum Gasteiger partial charge on any atom is 0.251 e. The van der Waals surface area contributed by atoms with Crippen molar-refractivity contribution in [2.24, 2.45) is 0 Å². The third kappa shape index (κ3) is 2.94. The highest BCUT2D eigenvalue weighted by molar-refractivity contribution is 7.91. The highest BCUT2D eigenvalue weighted by Gasteiger charge is 2.29. The topological polar surface area (TPSA) is 89.0 Å². The number of sulfone groups is 1. The Balaban J connectivity index is 1.84. The third-order valence-corrected chi connectivity index (χ3v) is 5.67. The summed E-state index contributed by atoms with van der Waals surface area (Å²) in [6, 6.07) is 4.83. The number of nitrogens with one attached hydrogen (secondary N) is 1. The van der Waals surface area contributed by atoms with E-state index in [4.69, 9.17) is 0 Å². The zero-order valence-electron chi connectivity index (χ0n) is 12.5. The molecule has 0 unspecified atom stereocenters. The first-order valence-electron chi connectivity index (χ1n) is 7.10. The zero-order chi connectivity index (χ0) is 15.9. The van der Waals surface area contributed by atoms with Crippen LogP contribution in [-0.4, -0.2) is 41.8 Å². The Morgan fingerprint density at radius 1 is 1.18 bits per heavy atom. The highest BCUT2D eigenvalue weighted by Crippen LogP contribution is 2.16. The number of fused-ring (bicyclic) bond motifs is 1. The quantitative estimate of drug-likeness (QED) is 0.897. The average Bonchev–Trinajstić information content (AvgIpc) is 2.78. The molecule has 116 valence electrons. The van der Waals surface area contributed by atoms with Crippen LogP contribution in [0.5, 0.6) is 0 Å². The van der Waals surface area contributed by atoms with Gasteiger partial charge in [-0.2, -0.15) is 0 Å². The van der Waals surface area contributed by atoms with Crippen LogP contribution in [0.4, 0.5) is 0 Å².